The molecule has 0 saturated carbocycles. The number of nitrogens with zero attached hydrogens (tertiary/aromatic N) is 1. The number of aliphatic hydroxyl groups is 1. The summed E-state index contributed by atoms with van der Waals surface area (Å²) in [6.07, 6.45) is 8.68. The van der Waals surface area contributed by atoms with E-state index in [1.54, 1.807) is 0 Å². The average molecular weight is 242 g/mol. The molecule has 0 spiro atoms. The highest BCUT2D eigenvalue weighted by Gasteiger charge is 2.15. The van der Waals surface area contributed by atoms with Crippen molar-refractivity contribution in [2.45, 2.75) is 57.9 Å². The maximum Gasteiger partial charge on any atom is 0.0431 e. The van der Waals surface area contributed by atoms with Gasteiger partial charge in [-0.25, -0.2) is 0 Å². The van der Waals surface area contributed by atoms with Crippen LogP contribution in [0, 0.1) is 0 Å². The summed E-state index contributed by atoms with van der Waals surface area (Å²) in [6, 6.07) is 0.716. The highest BCUT2D eigenvalue weighted by atomic mass is 16.2. The monoisotopic (exact) mass is 242 g/mol. The molecule has 1 aliphatic rings. The van der Waals surface area contributed by atoms with E-state index in [0.717, 1.165) is 12.8 Å². The van der Waals surface area contributed by atoms with Crippen molar-refractivity contribution in [3.05, 3.63) is 0 Å². The molecule has 1 fully saturated rings. The van der Waals surface area contributed by atoms with Crippen molar-refractivity contribution in [1.29, 1.82) is 0 Å². The molecule has 1 aliphatic heterocycles. The number of unbranched alkanes of at least 4 members (excludes halogenated alkanes) is 2. The lowest BCUT2D eigenvalue weighted by atomic mass is 10.0. The van der Waals surface area contributed by atoms with Gasteiger partial charge in [-0.1, -0.05) is 13.3 Å². The maximum atomic E-state index is 8.77. The maximum absolute atomic E-state index is 8.77. The van der Waals surface area contributed by atoms with Crippen molar-refractivity contribution >= 4 is 0 Å². The van der Waals surface area contributed by atoms with Crippen LogP contribution in [0.1, 0.15) is 51.9 Å². The Kier molecular flexibility index (Phi) is 8.67. The number of hydrogen-bond acceptors (Lipinski definition) is 3. The van der Waals surface area contributed by atoms with E-state index in [4.69, 9.17) is 5.11 Å². The zero-order valence-corrected chi connectivity index (χ0v) is 11.5. The molecule has 2 N–H and O–H groups in total. The summed E-state index contributed by atoms with van der Waals surface area (Å²) in [5.74, 6) is 0. The summed E-state index contributed by atoms with van der Waals surface area (Å²) in [5.41, 5.74) is 0. The predicted molar refractivity (Wildman–Crippen MR) is 73.3 cm³/mol. The van der Waals surface area contributed by atoms with Gasteiger partial charge in [-0.3, -0.25) is 0 Å². The van der Waals surface area contributed by atoms with Crippen molar-refractivity contribution in [3.8, 4) is 0 Å². The van der Waals surface area contributed by atoms with E-state index in [1.807, 2.05) is 0 Å². The van der Waals surface area contributed by atoms with E-state index in [1.165, 1.54) is 58.3 Å². The first-order chi connectivity index (χ1) is 8.36. The molecule has 0 aliphatic carbocycles. The van der Waals surface area contributed by atoms with Crippen LogP contribution in [0.5, 0.6) is 0 Å². The summed E-state index contributed by atoms with van der Waals surface area (Å²) in [4.78, 5) is 2.60. The molecule has 3 heteroatoms. The van der Waals surface area contributed by atoms with E-state index in [2.05, 4.69) is 17.1 Å². The zero-order chi connectivity index (χ0) is 12.3. The van der Waals surface area contributed by atoms with Gasteiger partial charge in [0.15, 0.2) is 0 Å². The summed E-state index contributed by atoms with van der Waals surface area (Å²) in [7, 11) is 0. The Morgan fingerprint density at radius 1 is 1.18 bits per heavy atom. The zero-order valence-electron chi connectivity index (χ0n) is 11.5. The lowest BCUT2D eigenvalue weighted by Gasteiger charge is -2.30. The topological polar surface area (TPSA) is 35.5 Å². The largest absolute Gasteiger partial charge is 0.396 e. The third-order valence-electron chi connectivity index (χ3n) is 3.56. The van der Waals surface area contributed by atoms with Crippen molar-refractivity contribution in [2.24, 2.45) is 0 Å². The van der Waals surface area contributed by atoms with Crippen molar-refractivity contribution in [3.63, 3.8) is 0 Å². The first kappa shape index (κ1) is 14.9. The predicted octanol–water partition coefficient (Wildman–Crippen LogP) is 2.00. The second-order valence-electron chi connectivity index (χ2n) is 5.23. The molecule has 0 radical (unpaired) electrons. The van der Waals surface area contributed by atoms with Crippen LogP contribution in [0.25, 0.3) is 0 Å². The summed E-state index contributed by atoms with van der Waals surface area (Å²) >= 11 is 0. The fourth-order valence-corrected chi connectivity index (χ4v) is 2.63. The lowest BCUT2D eigenvalue weighted by molar-refractivity contribution is 0.216. The molecule has 1 saturated heterocycles. The molecule has 1 rings (SSSR count). The van der Waals surface area contributed by atoms with Gasteiger partial charge < -0.3 is 15.3 Å². The first-order valence-electron chi connectivity index (χ1n) is 7.43. The molecule has 17 heavy (non-hydrogen) atoms. The van der Waals surface area contributed by atoms with Gasteiger partial charge in [-0.2, -0.15) is 0 Å². The number of rotatable bonds is 9. The van der Waals surface area contributed by atoms with E-state index < -0.39 is 0 Å². The van der Waals surface area contributed by atoms with Crippen LogP contribution < -0.4 is 5.32 Å². The number of hydrogen-bond donors (Lipinski definition) is 2. The van der Waals surface area contributed by atoms with Crippen LogP contribution in [0.3, 0.4) is 0 Å². The van der Waals surface area contributed by atoms with Gasteiger partial charge in [0, 0.05) is 19.2 Å². The second-order valence-corrected chi connectivity index (χ2v) is 5.23. The molecule has 1 atom stereocenters. The standard InChI is InChI=1S/C14H30N2O/c1-2-10-16(11-6-3-7-12-17)13-14-8-4-5-9-15-14/h14-15,17H,2-13H2,1H3. The average Bonchev–Trinajstić information content (AvgIpc) is 2.36. The third kappa shape index (κ3) is 7.02. The normalized spacial score (nSPS) is 21.0. The summed E-state index contributed by atoms with van der Waals surface area (Å²) in [6.45, 7) is 7.44. The van der Waals surface area contributed by atoms with E-state index >= 15 is 0 Å². The minimum Gasteiger partial charge on any atom is -0.396 e. The van der Waals surface area contributed by atoms with Crippen LogP contribution >= 0.6 is 0 Å². The fraction of sp³-hybridized carbons (Fsp3) is 1.00. The molecule has 3 nitrogen and oxygen atoms in total. The molecule has 0 aromatic heterocycles. The number of piperidine rings is 1. The molecule has 0 amide bonds. The Labute approximate surface area is 107 Å². The van der Waals surface area contributed by atoms with E-state index in [9.17, 15) is 0 Å². The first-order valence-corrected chi connectivity index (χ1v) is 7.43. The van der Waals surface area contributed by atoms with E-state index in [0.29, 0.717) is 12.6 Å². The Bertz CT molecular complexity index is 170. The van der Waals surface area contributed by atoms with Gasteiger partial charge in [0.05, 0.1) is 0 Å². The van der Waals surface area contributed by atoms with Gasteiger partial charge in [-0.05, 0) is 58.2 Å². The minimum atomic E-state index is 0.345. The molecular weight excluding hydrogens is 212 g/mol. The van der Waals surface area contributed by atoms with Crippen LogP contribution in [0.4, 0.5) is 0 Å². The third-order valence-corrected chi connectivity index (χ3v) is 3.56. The second kappa shape index (κ2) is 9.86. The Morgan fingerprint density at radius 2 is 2.06 bits per heavy atom. The smallest absolute Gasteiger partial charge is 0.0431 e. The molecular formula is C14H30N2O. The van der Waals surface area contributed by atoms with Gasteiger partial charge in [0.2, 0.25) is 0 Å². The molecule has 102 valence electrons. The highest BCUT2D eigenvalue weighted by Crippen LogP contribution is 2.09. The Hall–Kier alpha value is -0.120. The van der Waals surface area contributed by atoms with Crippen LogP contribution in [0.15, 0.2) is 0 Å². The quantitative estimate of drug-likeness (QED) is 0.607. The SMILES string of the molecule is CCCN(CCCCCO)CC1CCCCN1. The lowest BCUT2D eigenvalue weighted by Crippen LogP contribution is -2.44. The molecule has 0 aromatic carbocycles. The summed E-state index contributed by atoms with van der Waals surface area (Å²) in [5, 5.41) is 12.4. The van der Waals surface area contributed by atoms with Crippen molar-refractivity contribution in [2.75, 3.05) is 32.8 Å². The van der Waals surface area contributed by atoms with Crippen molar-refractivity contribution < 1.29 is 5.11 Å². The number of aliphatic hydroxyl groups excluding tert-OH is 1. The molecule has 0 bridgehead atoms. The van der Waals surface area contributed by atoms with Gasteiger partial charge in [0.25, 0.3) is 0 Å². The molecule has 1 heterocycles. The Morgan fingerprint density at radius 3 is 2.71 bits per heavy atom. The fourth-order valence-electron chi connectivity index (χ4n) is 2.63. The van der Waals surface area contributed by atoms with Crippen LogP contribution in [0.2, 0.25) is 0 Å². The molecule has 1 unspecified atom stereocenters. The van der Waals surface area contributed by atoms with E-state index in [-0.39, 0.29) is 0 Å². The molecule has 0 aromatic rings. The highest BCUT2D eigenvalue weighted by molar-refractivity contribution is 4.76. The van der Waals surface area contributed by atoms with Crippen LogP contribution in [-0.2, 0) is 0 Å². The van der Waals surface area contributed by atoms with Gasteiger partial charge >= 0.3 is 0 Å². The summed E-state index contributed by atoms with van der Waals surface area (Å²) < 4.78 is 0. The van der Waals surface area contributed by atoms with Crippen LogP contribution in [-0.4, -0.2) is 48.8 Å². The minimum absolute atomic E-state index is 0.345. The van der Waals surface area contributed by atoms with Gasteiger partial charge in [-0.15, -0.1) is 0 Å². The Balaban J connectivity index is 2.16. The number of nitrogens with one attached hydrogen (secondary N) is 1. The van der Waals surface area contributed by atoms with Gasteiger partial charge in [0.1, 0.15) is 0 Å². The van der Waals surface area contributed by atoms with Crippen molar-refractivity contribution in [1.82, 2.24) is 10.2 Å².